The van der Waals surface area contributed by atoms with Gasteiger partial charge in [0.05, 0.1) is 6.20 Å². The highest BCUT2D eigenvalue weighted by Gasteiger charge is 2.18. The van der Waals surface area contributed by atoms with Crippen LogP contribution < -0.4 is 5.32 Å². The molecule has 15 heavy (non-hydrogen) atoms. The Morgan fingerprint density at radius 2 is 2.20 bits per heavy atom. The number of aryl methyl sites for hydroxylation is 1. The molecule has 0 saturated carbocycles. The molecule has 0 spiro atoms. The zero-order chi connectivity index (χ0) is 11.3. The van der Waals surface area contributed by atoms with E-state index in [9.17, 15) is 0 Å². The lowest BCUT2D eigenvalue weighted by Crippen LogP contribution is -2.23. The number of hydrogen-bond donors (Lipinski definition) is 1. The molecule has 1 heterocycles. The molecule has 0 aliphatic carbocycles. The number of aromatic nitrogens is 2. The molecule has 3 heteroatoms. The summed E-state index contributed by atoms with van der Waals surface area (Å²) in [7, 11) is 1.97. The van der Waals surface area contributed by atoms with Crippen molar-refractivity contribution in [3.63, 3.8) is 0 Å². The van der Waals surface area contributed by atoms with Gasteiger partial charge in [-0.05, 0) is 36.9 Å². The summed E-state index contributed by atoms with van der Waals surface area (Å²) in [6.07, 6.45) is 6.38. The maximum absolute atomic E-state index is 4.20. The zero-order valence-electron chi connectivity index (χ0n) is 10.4. The molecule has 86 valence electrons. The summed E-state index contributed by atoms with van der Waals surface area (Å²) in [6, 6.07) is 0. The van der Waals surface area contributed by atoms with Gasteiger partial charge in [-0.3, -0.25) is 4.68 Å². The second kappa shape index (κ2) is 5.31. The molecule has 0 amide bonds. The smallest absolute Gasteiger partial charge is 0.0521 e. The van der Waals surface area contributed by atoms with Crippen molar-refractivity contribution < 1.29 is 0 Å². The molecule has 1 aromatic heterocycles. The van der Waals surface area contributed by atoms with Crippen molar-refractivity contribution in [2.75, 3.05) is 13.1 Å². The molecule has 1 N–H and O–H groups in total. The number of rotatable bonds is 6. The first-order valence-electron chi connectivity index (χ1n) is 5.72. The maximum Gasteiger partial charge on any atom is 0.0521 e. The lowest BCUT2D eigenvalue weighted by Gasteiger charge is -2.23. The van der Waals surface area contributed by atoms with Crippen LogP contribution in [0.2, 0.25) is 0 Å². The molecule has 1 rings (SSSR count). The highest BCUT2D eigenvalue weighted by molar-refractivity contribution is 5.06. The maximum atomic E-state index is 4.20. The van der Waals surface area contributed by atoms with Crippen LogP contribution in [0.1, 0.15) is 32.8 Å². The van der Waals surface area contributed by atoms with Crippen LogP contribution in [-0.4, -0.2) is 22.9 Å². The molecule has 0 aliphatic heterocycles. The Morgan fingerprint density at radius 1 is 1.47 bits per heavy atom. The van der Waals surface area contributed by atoms with Gasteiger partial charge in [-0.1, -0.05) is 20.8 Å². The van der Waals surface area contributed by atoms with E-state index in [1.54, 1.807) is 0 Å². The lowest BCUT2D eigenvalue weighted by molar-refractivity contribution is 0.327. The van der Waals surface area contributed by atoms with Crippen molar-refractivity contribution >= 4 is 0 Å². The van der Waals surface area contributed by atoms with E-state index < -0.39 is 0 Å². The number of nitrogens with one attached hydrogen (secondary N) is 1. The summed E-state index contributed by atoms with van der Waals surface area (Å²) in [5.41, 5.74) is 1.68. The Bertz CT molecular complexity index is 289. The third-order valence-corrected chi connectivity index (χ3v) is 2.67. The van der Waals surface area contributed by atoms with Crippen molar-refractivity contribution in [3.05, 3.63) is 18.0 Å². The molecule has 3 nitrogen and oxygen atoms in total. The topological polar surface area (TPSA) is 29.9 Å². The van der Waals surface area contributed by atoms with Crippen LogP contribution >= 0.6 is 0 Å². The molecule has 0 aromatic carbocycles. The Hall–Kier alpha value is -0.830. The van der Waals surface area contributed by atoms with Gasteiger partial charge in [-0.15, -0.1) is 0 Å². The van der Waals surface area contributed by atoms with Gasteiger partial charge in [0.25, 0.3) is 0 Å². The third-order valence-electron chi connectivity index (χ3n) is 2.67. The Labute approximate surface area is 92.9 Å². The summed E-state index contributed by atoms with van der Waals surface area (Å²) in [4.78, 5) is 0. The molecule has 0 unspecified atom stereocenters. The predicted octanol–water partition coefficient (Wildman–Crippen LogP) is 1.99. The fraction of sp³-hybridized carbons (Fsp3) is 0.750. The van der Waals surface area contributed by atoms with Gasteiger partial charge in [0.2, 0.25) is 0 Å². The normalized spacial score (nSPS) is 12.0. The molecular formula is C12H23N3. The lowest BCUT2D eigenvalue weighted by atomic mass is 9.83. The highest BCUT2D eigenvalue weighted by atomic mass is 15.2. The minimum atomic E-state index is 0.352. The third kappa shape index (κ3) is 4.47. The number of nitrogens with zero attached hydrogens (tertiary/aromatic N) is 2. The second-order valence-electron chi connectivity index (χ2n) is 4.97. The minimum absolute atomic E-state index is 0.352. The molecule has 0 aliphatic rings. The van der Waals surface area contributed by atoms with Crippen LogP contribution in [0.5, 0.6) is 0 Å². The standard InChI is InChI=1S/C12H23N3/c1-5-13-7-6-12(2,3)8-11-9-14-15(4)10-11/h9-10,13H,5-8H2,1-4H3. The average molecular weight is 209 g/mol. The first-order valence-corrected chi connectivity index (χ1v) is 5.72. The van der Waals surface area contributed by atoms with Gasteiger partial charge in [-0.25, -0.2) is 0 Å². The summed E-state index contributed by atoms with van der Waals surface area (Å²) < 4.78 is 1.87. The monoisotopic (exact) mass is 209 g/mol. The van der Waals surface area contributed by atoms with Crippen molar-refractivity contribution in [2.45, 2.75) is 33.6 Å². The Morgan fingerprint density at radius 3 is 2.73 bits per heavy atom. The van der Waals surface area contributed by atoms with E-state index >= 15 is 0 Å². The van der Waals surface area contributed by atoms with Crippen LogP contribution in [0.15, 0.2) is 12.4 Å². The van der Waals surface area contributed by atoms with Gasteiger partial charge in [-0.2, -0.15) is 5.10 Å². The molecule has 0 atom stereocenters. The highest BCUT2D eigenvalue weighted by Crippen LogP contribution is 2.24. The van der Waals surface area contributed by atoms with Gasteiger partial charge in [0, 0.05) is 13.2 Å². The van der Waals surface area contributed by atoms with E-state index in [4.69, 9.17) is 0 Å². The first kappa shape index (κ1) is 12.2. The van der Waals surface area contributed by atoms with Crippen LogP contribution in [0.25, 0.3) is 0 Å². The van der Waals surface area contributed by atoms with Crippen LogP contribution in [0.3, 0.4) is 0 Å². The van der Waals surface area contributed by atoms with Gasteiger partial charge < -0.3 is 5.32 Å². The van der Waals surface area contributed by atoms with Gasteiger partial charge in [0.1, 0.15) is 0 Å². The minimum Gasteiger partial charge on any atom is -0.317 e. The Balaban J connectivity index is 2.41. The van der Waals surface area contributed by atoms with Crippen LogP contribution in [0, 0.1) is 5.41 Å². The molecule has 1 aromatic rings. The van der Waals surface area contributed by atoms with Gasteiger partial charge in [0.15, 0.2) is 0 Å². The fourth-order valence-electron chi connectivity index (χ4n) is 1.81. The summed E-state index contributed by atoms with van der Waals surface area (Å²) in [5, 5.41) is 7.57. The SMILES string of the molecule is CCNCCC(C)(C)Cc1cnn(C)c1. The molecule has 0 saturated heterocycles. The van der Waals surface area contributed by atoms with E-state index in [0.29, 0.717) is 5.41 Å². The first-order chi connectivity index (χ1) is 7.03. The molecule has 0 radical (unpaired) electrons. The molecule has 0 bridgehead atoms. The molecule has 0 fully saturated rings. The van der Waals surface area contributed by atoms with Crippen molar-refractivity contribution in [3.8, 4) is 0 Å². The largest absolute Gasteiger partial charge is 0.317 e. The molecular weight excluding hydrogens is 186 g/mol. The van der Waals surface area contributed by atoms with E-state index in [2.05, 4.69) is 37.4 Å². The quantitative estimate of drug-likeness (QED) is 0.726. The van der Waals surface area contributed by atoms with E-state index in [-0.39, 0.29) is 0 Å². The summed E-state index contributed by atoms with van der Waals surface area (Å²) in [5.74, 6) is 0. The van der Waals surface area contributed by atoms with Crippen molar-refractivity contribution in [1.82, 2.24) is 15.1 Å². The van der Waals surface area contributed by atoms with Crippen molar-refractivity contribution in [2.24, 2.45) is 12.5 Å². The van der Waals surface area contributed by atoms with Gasteiger partial charge >= 0.3 is 0 Å². The second-order valence-corrected chi connectivity index (χ2v) is 4.97. The zero-order valence-corrected chi connectivity index (χ0v) is 10.4. The van der Waals surface area contributed by atoms with Crippen LogP contribution in [0.4, 0.5) is 0 Å². The van der Waals surface area contributed by atoms with Crippen molar-refractivity contribution in [1.29, 1.82) is 0 Å². The van der Waals surface area contributed by atoms with E-state index in [1.807, 2.05) is 17.9 Å². The summed E-state index contributed by atoms with van der Waals surface area (Å²) in [6.45, 7) is 8.94. The average Bonchev–Trinajstić information content (AvgIpc) is 2.50. The Kier molecular flexibility index (Phi) is 4.33. The van der Waals surface area contributed by atoms with Crippen LogP contribution in [-0.2, 0) is 13.5 Å². The summed E-state index contributed by atoms with van der Waals surface area (Å²) >= 11 is 0. The van der Waals surface area contributed by atoms with E-state index in [1.165, 1.54) is 12.0 Å². The van der Waals surface area contributed by atoms with E-state index in [0.717, 1.165) is 19.5 Å². The fourth-order valence-corrected chi connectivity index (χ4v) is 1.81. The predicted molar refractivity (Wildman–Crippen MR) is 63.9 cm³/mol. The number of hydrogen-bond acceptors (Lipinski definition) is 2.